The number of carboxylic acid groups (broad SMARTS) is 1. The number of hydrogen-bond acceptors (Lipinski definition) is 4. The summed E-state index contributed by atoms with van der Waals surface area (Å²) in [5.74, 6) is -1.90. The Kier molecular flexibility index (Phi) is 3.67. The maximum Gasteiger partial charge on any atom is 0.419 e. The van der Waals surface area contributed by atoms with Gasteiger partial charge in [-0.3, -0.25) is 4.79 Å². The molecular weight excluding hydrogens is 283 g/mol. The van der Waals surface area contributed by atoms with Crippen LogP contribution in [-0.2, 0) is 14.3 Å². The van der Waals surface area contributed by atoms with E-state index in [1.54, 1.807) is 0 Å². The van der Waals surface area contributed by atoms with Crippen LogP contribution < -0.4 is 0 Å². The molecule has 9 heteroatoms. The van der Waals surface area contributed by atoms with E-state index in [4.69, 9.17) is 9.84 Å². The van der Waals surface area contributed by atoms with Gasteiger partial charge in [0, 0.05) is 13.0 Å². The average Bonchev–Trinajstić information content (AvgIpc) is 2.94. The third-order valence-electron chi connectivity index (χ3n) is 3.66. The Hall–Kier alpha value is -1.35. The topological polar surface area (TPSA) is 87.1 Å². The molecule has 0 spiro atoms. The number of carbonyl (C=O) groups excluding carboxylic acids is 1. The molecule has 2 aliphatic heterocycles. The smallest absolute Gasteiger partial charge is 0.419 e. The number of carboxylic acids is 1. The zero-order chi connectivity index (χ0) is 15.1. The van der Waals surface area contributed by atoms with Crippen molar-refractivity contribution in [2.75, 3.05) is 13.1 Å². The largest absolute Gasteiger partial charge is 0.479 e. The maximum atomic E-state index is 12.6. The van der Waals surface area contributed by atoms with E-state index in [0.717, 1.165) is 4.90 Å². The highest BCUT2D eigenvalue weighted by Gasteiger charge is 2.58. The van der Waals surface area contributed by atoms with Crippen LogP contribution in [0, 0.1) is 0 Å². The van der Waals surface area contributed by atoms with Crippen LogP contribution in [0.1, 0.15) is 19.3 Å². The third-order valence-corrected chi connectivity index (χ3v) is 3.66. The van der Waals surface area contributed by atoms with Gasteiger partial charge >= 0.3 is 12.1 Å². The summed E-state index contributed by atoms with van der Waals surface area (Å²) in [6, 6.07) is 0. The second kappa shape index (κ2) is 4.88. The molecule has 0 bridgehead atoms. The summed E-state index contributed by atoms with van der Waals surface area (Å²) >= 11 is 0. The van der Waals surface area contributed by atoms with Gasteiger partial charge in [0.1, 0.15) is 6.10 Å². The monoisotopic (exact) mass is 297 g/mol. The van der Waals surface area contributed by atoms with Gasteiger partial charge in [-0.2, -0.15) is 13.2 Å². The van der Waals surface area contributed by atoms with Gasteiger partial charge in [0.05, 0.1) is 6.54 Å². The van der Waals surface area contributed by atoms with Gasteiger partial charge in [-0.15, -0.1) is 0 Å². The number of halogens is 3. The highest BCUT2D eigenvalue weighted by atomic mass is 19.4. The number of likely N-dealkylation sites (tertiary alicyclic amines) is 1. The first-order valence-electron chi connectivity index (χ1n) is 6.10. The minimum atomic E-state index is -4.80. The number of nitrogens with zero attached hydrogens (tertiary/aromatic N) is 1. The number of alkyl halides is 3. The van der Waals surface area contributed by atoms with Crippen molar-refractivity contribution in [1.29, 1.82) is 0 Å². The van der Waals surface area contributed by atoms with Crippen LogP contribution in [0.3, 0.4) is 0 Å². The number of rotatable bonds is 2. The Morgan fingerprint density at radius 2 is 1.85 bits per heavy atom. The third kappa shape index (κ3) is 2.59. The molecule has 0 radical (unpaired) electrons. The van der Waals surface area contributed by atoms with E-state index in [1.807, 2.05) is 0 Å². The summed E-state index contributed by atoms with van der Waals surface area (Å²) in [6.45, 7) is -1.07. The summed E-state index contributed by atoms with van der Waals surface area (Å²) in [7, 11) is 0. The van der Waals surface area contributed by atoms with E-state index >= 15 is 0 Å². The Labute approximate surface area is 112 Å². The molecule has 20 heavy (non-hydrogen) atoms. The summed E-state index contributed by atoms with van der Waals surface area (Å²) < 4.78 is 42.9. The van der Waals surface area contributed by atoms with Crippen molar-refractivity contribution in [3.63, 3.8) is 0 Å². The number of aliphatic hydroxyl groups is 1. The molecule has 2 aliphatic rings. The fourth-order valence-electron chi connectivity index (χ4n) is 2.42. The van der Waals surface area contributed by atoms with Crippen molar-refractivity contribution in [3.05, 3.63) is 0 Å². The average molecular weight is 297 g/mol. The van der Waals surface area contributed by atoms with E-state index < -0.39 is 48.8 Å². The summed E-state index contributed by atoms with van der Waals surface area (Å²) in [5, 5.41) is 18.2. The van der Waals surface area contributed by atoms with E-state index in [2.05, 4.69) is 0 Å². The lowest BCUT2D eigenvalue weighted by Gasteiger charge is -2.26. The predicted molar refractivity (Wildman–Crippen MR) is 57.7 cm³/mol. The minimum absolute atomic E-state index is 0.142. The lowest BCUT2D eigenvalue weighted by molar-refractivity contribution is -0.253. The van der Waals surface area contributed by atoms with Crippen LogP contribution in [0.2, 0.25) is 0 Å². The fraction of sp³-hybridized carbons (Fsp3) is 0.818. The highest BCUT2D eigenvalue weighted by molar-refractivity contribution is 5.83. The van der Waals surface area contributed by atoms with Crippen molar-refractivity contribution in [2.45, 2.75) is 43.2 Å². The van der Waals surface area contributed by atoms with Crippen molar-refractivity contribution < 1.29 is 37.7 Å². The molecule has 0 aliphatic carbocycles. The van der Waals surface area contributed by atoms with Gasteiger partial charge in [0.2, 0.25) is 0 Å². The van der Waals surface area contributed by atoms with Crippen LogP contribution in [0.15, 0.2) is 0 Å². The van der Waals surface area contributed by atoms with E-state index in [1.165, 1.54) is 0 Å². The van der Waals surface area contributed by atoms with Gasteiger partial charge in [0.25, 0.3) is 5.91 Å². The lowest BCUT2D eigenvalue weighted by Crippen LogP contribution is -2.49. The Morgan fingerprint density at radius 3 is 2.30 bits per heavy atom. The van der Waals surface area contributed by atoms with Crippen LogP contribution in [0.4, 0.5) is 13.2 Å². The summed E-state index contributed by atoms with van der Waals surface area (Å²) in [5.41, 5.74) is -2.90. The minimum Gasteiger partial charge on any atom is -0.479 e. The Bertz CT molecular complexity index is 427. The van der Waals surface area contributed by atoms with Crippen molar-refractivity contribution in [1.82, 2.24) is 4.90 Å². The number of carbonyl (C=O) groups is 2. The highest BCUT2D eigenvalue weighted by Crippen LogP contribution is 2.38. The van der Waals surface area contributed by atoms with Crippen LogP contribution in [0.5, 0.6) is 0 Å². The van der Waals surface area contributed by atoms with Crippen LogP contribution >= 0.6 is 0 Å². The molecule has 0 aromatic carbocycles. The maximum absolute atomic E-state index is 12.6. The SMILES string of the molecule is O=C(O)[C@H]1CC[C@@H](C(=O)N2CCC(O)(C(F)(F)F)C2)O1. The molecule has 3 atom stereocenters. The van der Waals surface area contributed by atoms with Crippen LogP contribution in [0.25, 0.3) is 0 Å². The molecule has 0 aromatic heterocycles. The zero-order valence-electron chi connectivity index (χ0n) is 10.4. The molecule has 1 unspecified atom stereocenters. The standard InChI is InChI=1S/C11H14F3NO5/c12-11(13,14)10(19)3-4-15(5-10)8(16)6-1-2-7(20-6)9(17)18/h6-7,19H,1-5H2,(H,17,18)/t6-,7+,10?/m0/s1. The van der Waals surface area contributed by atoms with Gasteiger partial charge < -0.3 is 19.8 Å². The molecule has 0 aromatic rings. The molecular formula is C11H14F3NO5. The number of ether oxygens (including phenoxy) is 1. The zero-order valence-corrected chi connectivity index (χ0v) is 10.4. The molecule has 2 rings (SSSR count). The molecule has 0 saturated carbocycles. The molecule has 1 amide bonds. The number of amides is 1. The van der Waals surface area contributed by atoms with E-state index in [0.29, 0.717) is 0 Å². The van der Waals surface area contributed by atoms with Gasteiger partial charge in [0.15, 0.2) is 11.7 Å². The fourth-order valence-corrected chi connectivity index (χ4v) is 2.42. The molecule has 6 nitrogen and oxygen atoms in total. The molecule has 2 fully saturated rings. The van der Waals surface area contributed by atoms with E-state index in [9.17, 15) is 27.9 Å². The van der Waals surface area contributed by atoms with Crippen molar-refractivity contribution in [2.24, 2.45) is 0 Å². The molecule has 2 N–H and O–H groups in total. The van der Waals surface area contributed by atoms with E-state index in [-0.39, 0.29) is 19.4 Å². The summed E-state index contributed by atoms with van der Waals surface area (Å²) in [6.07, 6.45) is -7.25. The Morgan fingerprint density at radius 1 is 1.25 bits per heavy atom. The van der Waals surface area contributed by atoms with Gasteiger partial charge in [-0.05, 0) is 12.8 Å². The van der Waals surface area contributed by atoms with Gasteiger partial charge in [-0.1, -0.05) is 0 Å². The second-order valence-corrected chi connectivity index (χ2v) is 5.07. The first-order valence-corrected chi connectivity index (χ1v) is 6.10. The van der Waals surface area contributed by atoms with Crippen LogP contribution in [-0.4, -0.2) is 64.1 Å². The van der Waals surface area contributed by atoms with Gasteiger partial charge in [-0.25, -0.2) is 4.79 Å². The number of hydrogen-bond donors (Lipinski definition) is 2. The molecule has 2 saturated heterocycles. The number of β-amino-alcohol motifs (C(OH)–C–C–N with tert-alkyl or cyclic N) is 1. The Balaban J connectivity index is 1.98. The summed E-state index contributed by atoms with van der Waals surface area (Å²) in [4.78, 5) is 23.5. The molecule has 114 valence electrons. The first kappa shape index (κ1) is 15.0. The van der Waals surface area contributed by atoms with Crippen molar-refractivity contribution in [3.8, 4) is 0 Å². The predicted octanol–water partition coefficient (Wildman–Crippen LogP) is 0.144. The first-order chi connectivity index (χ1) is 9.14. The second-order valence-electron chi connectivity index (χ2n) is 5.07. The van der Waals surface area contributed by atoms with Crippen molar-refractivity contribution >= 4 is 11.9 Å². The molecule has 2 heterocycles. The quantitative estimate of drug-likeness (QED) is 0.757. The normalized spacial score (nSPS) is 34.5. The number of aliphatic carboxylic acids is 1. The lowest BCUT2D eigenvalue weighted by atomic mass is 10.0.